The maximum Gasteiger partial charge on any atom is 0.347 e. The average molecular weight is 306 g/mol. The second-order valence-corrected chi connectivity index (χ2v) is 5.06. The summed E-state index contributed by atoms with van der Waals surface area (Å²) in [5.41, 5.74) is -0.554. The number of rotatable bonds is 6. The number of fused-ring (bicyclic) bond motifs is 1. The Kier molecular flexibility index (Phi) is 4.82. The number of hydrogen-bond acceptors (Lipinski definition) is 6. The Labute approximate surface area is 127 Å². The summed E-state index contributed by atoms with van der Waals surface area (Å²) in [4.78, 5) is 23.2. The molecule has 0 aliphatic rings. The highest BCUT2D eigenvalue weighted by atomic mass is 16.5. The molecule has 6 nitrogen and oxygen atoms in total. The second kappa shape index (κ2) is 6.62. The normalized spacial score (nSPS) is 12.2. The largest absolute Gasteiger partial charge is 0.497 e. The van der Waals surface area contributed by atoms with Crippen LogP contribution in [-0.4, -0.2) is 31.2 Å². The van der Waals surface area contributed by atoms with Gasteiger partial charge in [0.25, 0.3) is 0 Å². The molecule has 1 heterocycles. The Bertz CT molecular complexity index is 746. The van der Waals surface area contributed by atoms with Gasteiger partial charge in [0.05, 0.1) is 20.3 Å². The van der Waals surface area contributed by atoms with Crippen LogP contribution >= 0.6 is 0 Å². The smallest absolute Gasteiger partial charge is 0.347 e. The number of aliphatic hydroxyl groups is 1. The molecule has 1 atom stereocenters. The predicted octanol–water partition coefficient (Wildman–Crippen LogP) is 1.69. The van der Waals surface area contributed by atoms with Gasteiger partial charge in [-0.3, -0.25) is 4.79 Å². The number of Topliss-reactive ketones (excluding diaryl/α,β-unsaturated/α-hetero) is 1. The first-order valence-corrected chi connectivity index (χ1v) is 6.81. The Morgan fingerprint density at radius 2 is 2.00 bits per heavy atom. The van der Waals surface area contributed by atoms with Crippen molar-refractivity contribution in [3.8, 4) is 11.5 Å². The number of methoxy groups -OCH3 is 2. The molecule has 0 aliphatic carbocycles. The first-order valence-electron chi connectivity index (χ1n) is 6.81. The average Bonchev–Trinajstić information content (AvgIpc) is 2.44. The van der Waals surface area contributed by atoms with Crippen molar-refractivity contribution in [3.63, 3.8) is 0 Å². The van der Waals surface area contributed by atoms with Crippen LogP contribution < -0.4 is 15.1 Å². The number of carbonyl (C=O) groups is 1. The predicted molar refractivity (Wildman–Crippen MR) is 80.6 cm³/mol. The van der Waals surface area contributed by atoms with E-state index in [-0.39, 0.29) is 18.6 Å². The monoisotopic (exact) mass is 306 g/mol. The molecule has 0 amide bonds. The van der Waals surface area contributed by atoms with Crippen molar-refractivity contribution in [2.75, 3.05) is 14.2 Å². The lowest BCUT2D eigenvalue weighted by molar-refractivity contribution is -0.118. The molecule has 2 aromatic rings. The van der Waals surface area contributed by atoms with Crippen LogP contribution in [0.2, 0.25) is 0 Å². The van der Waals surface area contributed by atoms with Gasteiger partial charge in [-0.25, -0.2) is 4.79 Å². The van der Waals surface area contributed by atoms with Crippen molar-refractivity contribution in [3.05, 3.63) is 34.4 Å². The van der Waals surface area contributed by atoms with E-state index in [1.54, 1.807) is 18.2 Å². The SMILES string of the molecule is COc1cc(OC)c2c(=O)oc(C[C@@H](O)CC(C)=O)cc2c1. The summed E-state index contributed by atoms with van der Waals surface area (Å²) >= 11 is 0. The lowest BCUT2D eigenvalue weighted by Crippen LogP contribution is -2.15. The van der Waals surface area contributed by atoms with Crippen molar-refractivity contribution in [1.82, 2.24) is 0 Å². The minimum Gasteiger partial charge on any atom is -0.497 e. The van der Waals surface area contributed by atoms with Crippen LogP contribution in [0.4, 0.5) is 0 Å². The van der Waals surface area contributed by atoms with Gasteiger partial charge in [0.2, 0.25) is 0 Å². The third-order valence-electron chi connectivity index (χ3n) is 3.27. The number of ether oxygens (including phenoxy) is 2. The molecule has 22 heavy (non-hydrogen) atoms. The minimum absolute atomic E-state index is 0.0170. The van der Waals surface area contributed by atoms with E-state index in [2.05, 4.69) is 0 Å². The number of aliphatic hydroxyl groups excluding tert-OH is 1. The highest BCUT2D eigenvalue weighted by Gasteiger charge is 2.15. The third kappa shape index (κ3) is 3.46. The molecule has 0 saturated heterocycles. The van der Waals surface area contributed by atoms with Gasteiger partial charge in [0.15, 0.2) is 0 Å². The van der Waals surface area contributed by atoms with Gasteiger partial charge < -0.3 is 19.0 Å². The molecule has 6 heteroatoms. The van der Waals surface area contributed by atoms with Crippen LogP contribution in [0.15, 0.2) is 27.4 Å². The van der Waals surface area contributed by atoms with E-state index in [0.717, 1.165) is 0 Å². The van der Waals surface area contributed by atoms with Crippen LogP contribution in [0.3, 0.4) is 0 Å². The van der Waals surface area contributed by atoms with Gasteiger partial charge in [-0.05, 0) is 24.4 Å². The first-order chi connectivity index (χ1) is 10.4. The third-order valence-corrected chi connectivity index (χ3v) is 3.27. The first kappa shape index (κ1) is 16.0. The van der Waals surface area contributed by atoms with Crippen molar-refractivity contribution < 1.29 is 23.8 Å². The quantitative estimate of drug-likeness (QED) is 0.874. The van der Waals surface area contributed by atoms with Crippen molar-refractivity contribution in [2.45, 2.75) is 25.9 Å². The van der Waals surface area contributed by atoms with Crippen LogP contribution in [0.5, 0.6) is 11.5 Å². The topological polar surface area (TPSA) is 86.0 Å². The van der Waals surface area contributed by atoms with Gasteiger partial charge in [0.1, 0.15) is 28.4 Å². The standard InChI is InChI=1S/C16H18O6/c1-9(17)4-11(18)7-13-6-10-5-12(20-2)8-14(21-3)15(10)16(19)22-13/h5-6,8,11,18H,4,7H2,1-3H3/t11-/m0/s1. The molecule has 1 N–H and O–H groups in total. The number of hydrogen-bond donors (Lipinski definition) is 1. The summed E-state index contributed by atoms with van der Waals surface area (Å²) < 4.78 is 15.6. The molecule has 0 unspecified atom stereocenters. The Morgan fingerprint density at radius 3 is 2.59 bits per heavy atom. The van der Waals surface area contributed by atoms with Crippen LogP contribution in [0.1, 0.15) is 19.1 Å². The van der Waals surface area contributed by atoms with E-state index in [4.69, 9.17) is 13.9 Å². The fourth-order valence-corrected chi connectivity index (χ4v) is 2.33. The van der Waals surface area contributed by atoms with E-state index >= 15 is 0 Å². The summed E-state index contributed by atoms with van der Waals surface area (Å²) in [6, 6.07) is 4.93. The molecule has 0 spiro atoms. The summed E-state index contributed by atoms with van der Waals surface area (Å²) in [6.07, 6.45) is -0.779. The molecule has 2 rings (SSSR count). The lowest BCUT2D eigenvalue weighted by atomic mass is 10.1. The molecular weight excluding hydrogens is 288 g/mol. The zero-order valence-corrected chi connectivity index (χ0v) is 12.7. The molecule has 1 aromatic carbocycles. The van der Waals surface area contributed by atoms with Gasteiger partial charge in [-0.2, -0.15) is 0 Å². The molecule has 118 valence electrons. The van der Waals surface area contributed by atoms with Gasteiger partial charge in [0, 0.05) is 18.9 Å². The molecule has 0 fully saturated rings. The fourth-order valence-electron chi connectivity index (χ4n) is 2.33. The summed E-state index contributed by atoms with van der Waals surface area (Å²) in [5, 5.41) is 10.7. The summed E-state index contributed by atoms with van der Waals surface area (Å²) in [5.74, 6) is 1.09. The van der Waals surface area contributed by atoms with E-state index in [1.165, 1.54) is 21.1 Å². The summed E-state index contributed by atoms with van der Waals surface area (Å²) in [6.45, 7) is 1.40. The molecule has 0 bridgehead atoms. The number of benzene rings is 1. The van der Waals surface area contributed by atoms with E-state index < -0.39 is 11.7 Å². The maximum atomic E-state index is 12.1. The highest BCUT2D eigenvalue weighted by Crippen LogP contribution is 2.29. The molecule has 1 aromatic heterocycles. The zero-order valence-electron chi connectivity index (χ0n) is 12.7. The molecule has 0 radical (unpaired) electrons. The molecule has 0 aliphatic heterocycles. The molecule has 0 saturated carbocycles. The van der Waals surface area contributed by atoms with Crippen molar-refractivity contribution in [1.29, 1.82) is 0 Å². The number of ketones is 1. The van der Waals surface area contributed by atoms with Crippen molar-refractivity contribution in [2.24, 2.45) is 0 Å². The van der Waals surface area contributed by atoms with E-state index in [9.17, 15) is 14.7 Å². The zero-order chi connectivity index (χ0) is 16.3. The van der Waals surface area contributed by atoms with Gasteiger partial charge in [-0.1, -0.05) is 0 Å². The fraction of sp³-hybridized carbons (Fsp3) is 0.375. The highest BCUT2D eigenvalue weighted by molar-refractivity contribution is 5.88. The van der Waals surface area contributed by atoms with Crippen molar-refractivity contribution >= 4 is 16.6 Å². The number of carbonyl (C=O) groups excluding carboxylic acids is 1. The van der Waals surface area contributed by atoms with Gasteiger partial charge >= 0.3 is 5.63 Å². The Hall–Kier alpha value is -2.34. The maximum absolute atomic E-state index is 12.1. The molecular formula is C16H18O6. The summed E-state index contributed by atoms with van der Waals surface area (Å²) in [7, 11) is 2.97. The Morgan fingerprint density at radius 1 is 1.27 bits per heavy atom. The van der Waals surface area contributed by atoms with E-state index in [1.807, 2.05) is 0 Å². The van der Waals surface area contributed by atoms with Crippen LogP contribution in [0, 0.1) is 0 Å². The van der Waals surface area contributed by atoms with Crippen LogP contribution in [0.25, 0.3) is 10.8 Å². The Balaban J connectivity index is 2.47. The lowest BCUT2D eigenvalue weighted by Gasteiger charge is -2.10. The minimum atomic E-state index is -0.884. The second-order valence-electron chi connectivity index (χ2n) is 5.06. The van der Waals surface area contributed by atoms with Gasteiger partial charge in [-0.15, -0.1) is 0 Å². The van der Waals surface area contributed by atoms with Crippen LogP contribution in [-0.2, 0) is 11.2 Å². The van der Waals surface area contributed by atoms with E-state index in [0.29, 0.717) is 28.0 Å².